The number of methoxy groups -OCH3 is 2. The molecule has 1 aromatic rings. The Morgan fingerprint density at radius 3 is 1.71 bits per heavy atom. The number of nitrogens with one attached hydrogen (secondary N) is 2. The van der Waals surface area contributed by atoms with Crippen molar-refractivity contribution in [2.24, 2.45) is 0 Å². The van der Waals surface area contributed by atoms with Crippen LogP contribution in [0.4, 0.5) is 17.8 Å². The van der Waals surface area contributed by atoms with Crippen molar-refractivity contribution in [1.29, 1.82) is 0 Å². The van der Waals surface area contributed by atoms with Crippen LogP contribution in [0, 0.1) is 0 Å². The first-order chi connectivity index (χ1) is 9.96. The molecule has 2 unspecified atom stereocenters. The van der Waals surface area contributed by atoms with Crippen molar-refractivity contribution in [1.82, 2.24) is 15.0 Å². The second kappa shape index (κ2) is 8.52. The summed E-state index contributed by atoms with van der Waals surface area (Å²) in [7, 11) is 3.07. The van der Waals surface area contributed by atoms with E-state index in [0.717, 1.165) is 0 Å². The smallest absolute Gasteiger partial charge is 0.235 e. The van der Waals surface area contributed by atoms with Crippen LogP contribution in [-0.4, -0.2) is 65.3 Å². The first-order valence-electron chi connectivity index (χ1n) is 6.34. The average Bonchev–Trinajstić information content (AvgIpc) is 2.36. The maximum absolute atomic E-state index is 9.37. The fraction of sp³-hybridized carbons (Fsp3) is 0.727. The Labute approximate surface area is 123 Å². The third kappa shape index (κ3) is 6.04. The van der Waals surface area contributed by atoms with Crippen LogP contribution >= 0.6 is 0 Å². The van der Waals surface area contributed by atoms with E-state index in [1.54, 1.807) is 4.90 Å². The summed E-state index contributed by atoms with van der Waals surface area (Å²) in [6, 6.07) is 0. The van der Waals surface area contributed by atoms with Gasteiger partial charge in [-0.1, -0.05) is 0 Å². The summed E-state index contributed by atoms with van der Waals surface area (Å²) in [6.07, 6.45) is -1.67. The lowest BCUT2D eigenvalue weighted by molar-refractivity contribution is 0.139. The molecule has 1 rings (SSSR count). The number of hydrogen-bond acceptors (Lipinski definition) is 10. The summed E-state index contributed by atoms with van der Waals surface area (Å²) in [5.74, 6) is 0.603. The van der Waals surface area contributed by atoms with E-state index in [1.807, 2.05) is 0 Å². The fourth-order valence-corrected chi connectivity index (χ4v) is 1.47. The van der Waals surface area contributed by atoms with Gasteiger partial charge < -0.3 is 30.3 Å². The molecule has 10 nitrogen and oxygen atoms in total. The molecule has 1 heterocycles. The lowest BCUT2D eigenvalue weighted by atomic mass is 10.6. The van der Waals surface area contributed by atoms with Crippen LogP contribution in [0.15, 0.2) is 0 Å². The molecule has 0 aromatic carbocycles. The van der Waals surface area contributed by atoms with Crippen molar-refractivity contribution in [3.05, 3.63) is 0 Å². The third-order valence-corrected chi connectivity index (χ3v) is 2.15. The van der Waals surface area contributed by atoms with Gasteiger partial charge in [-0.2, -0.15) is 15.0 Å². The van der Waals surface area contributed by atoms with Gasteiger partial charge in [0, 0.05) is 14.2 Å². The molecular formula is C11H22N6O4. The molecule has 1 aromatic heterocycles. The van der Waals surface area contributed by atoms with E-state index < -0.39 is 12.5 Å². The molecule has 120 valence electrons. The van der Waals surface area contributed by atoms with Gasteiger partial charge in [0.1, 0.15) is 25.9 Å². The van der Waals surface area contributed by atoms with Crippen molar-refractivity contribution in [3.63, 3.8) is 0 Å². The number of aromatic nitrogens is 3. The Balaban J connectivity index is 3.08. The van der Waals surface area contributed by atoms with E-state index in [2.05, 4.69) is 25.6 Å². The Bertz CT molecular complexity index is 397. The summed E-state index contributed by atoms with van der Waals surface area (Å²) < 4.78 is 10.1. The number of ether oxygens (including phenoxy) is 2. The number of anilines is 3. The predicted molar refractivity (Wildman–Crippen MR) is 76.7 cm³/mol. The Hall–Kier alpha value is -1.75. The minimum atomic E-state index is -0.835. The minimum Gasteiger partial charge on any atom is -0.374 e. The minimum absolute atomic E-state index is 0.162. The number of rotatable bonds is 9. The zero-order valence-corrected chi connectivity index (χ0v) is 12.6. The second-order valence-corrected chi connectivity index (χ2v) is 4.30. The highest BCUT2D eigenvalue weighted by Crippen LogP contribution is 2.14. The monoisotopic (exact) mass is 302 g/mol. The van der Waals surface area contributed by atoms with Crippen molar-refractivity contribution >= 4 is 17.8 Å². The van der Waals surface area contributed by atoms with Gasteiger partial charge in [-0.3, -0.25) is 4.90 Å². The summed E-state index contributed by atoms with van der Waals surface area (Å²) in [6.45, 7) is 3.49. The first-order valence-corrected chi connectivity index (χ1v) is 6.34. The van der Waals surface area contributed by atoms with Crippen molar-refractivity contribution in [2.45, 2.75) is 26.3 Å². The molecule has 0 radical (unpaired) electrons. The first kappa shape index (κ1) is 17.3. The van der Waals surface area contributed by atoms with Gasteiger partial charge >= 0.3 is 0 Å². The van der Waals surface area contributed by atoms with Crippen LogP contribution in [0.1, 0.15) is 13.8 Å². The van der Waals surface area contributed by atoms with Crippen LogP contribution in [0.25, 0.3) is 0 Å². The summed E-state index contributed by atoms with van der Waals surface area (Å²) >= 11 is 0. The largest absolute Gasteiger partial charge is 0.374 e. The maximum atomic E-state index is 9.37. The lowest BCUT2D eigenvalue weighted by Gasteiger charge is -2.22. The summed E-state index contributed by atoms with van der Waals surface area (Å²) in [5.41, 5.74) is 0. The van der Waals surface area contributed by atoms with Crippen molar-refractivity contribution in [2.75, 3.05) is 43.2 Å². The lowest BCUT2D eigenvalue weighted by Crippen LogP contribution is -2.31. The molecule has 21 heavy (non-hydrogen) atoms. The highest BCUT2D eigenvalue weighted by Gasteiger charge is 2.14. The number of hydrogen-bond donors (Lipinski definition) is 4. The topological polar surface area (TPSA) is 125 Å². The molecule has 0 fully saturated rings. The van der Waals surface area contributed by atoms with Crippen LogP contribution in [0.3, 0.4) is 0 Å². The summed E-state index contributed by atoms with van der Waals surface area (Å²) in [4.78, 5) is 14.0. The summed E-state index contributed by atoms with van der Waals surface area (Å²) in [5, 5.41) is 24.1. The normalized spacial score (nSPS) is 13.6. The molecular weight excluding hydrogens is 280 g/mol. The maximum Gasteiger partial charge on any atom is 0.235 e. The van der Waals surface area contributed by atoms with Gasteiger partial charge in [-0.25, -0.2) is 0 Å². The Morgan fingerprint density at radius 1 is 0.952 bits per heavy atom. The predicted octanol–water partition coefficient (Wildman–Crippen LogP) is -0.614. The van der Waals surface area contributed by atoms with Crippen LogP contribution in [0.2, 0.25) is 0 Å². The van der Waals surface area contributed by atoms with E-state index in [0.29, 0.717) is 0 Å². The molecule has 0 spiro atoms. The molecule has 0 aliphatic carbocycles. The molecule has 0 aliphatic heterocycles. The van der Waals surface area contributed by atoms with Crippen LogP contribution in [0.5, 0.6) is 0 Å². The van der Waals surface area contributed by atoms with Gasteiger partial charge in [0.15, 0.2) is 0 Å². The Kier molecular flexibility index (Phi) is 7.02. The van der Waals surface area contributed by atoms with E-state index >= 15 is 0 Å². The van der Waals surface area contributed by atoms with Gasteiger partial charge in [-0.15, -0.1) is 0 Å². The number of nitrogens with zero attached hydrogens (tertiary/aromatic N) is 4. The molecule has 0 saturated carbocycles. The quantitative estimate of drug-likeness (QED) is 0.439. The van der Waals surface area contributed by atoms with E-state index in [1.165, 1.54) is 28.1 Å². The standard InChI is InChI=1S/C11H22N6O4/c1-7(18)12-9-14-10(13-8(2)19)16-11(15-9)17(5-20-3)6-21-4/h7-8,18-19H,5-6H2,1-4H3,(H2,12,13,14,15,16). The molecule has 0 amide bonds. The number of aliphatic hydroxyl groups is 2. The van der Waals surface area contributed by atoms with Gasteiger partial charge in [0.05, 0.1) is 0 Å². The molecule has 0 saturated heterocycles. The average molecular weight is 302 g/mol. The van der Waals surface area contributed by atoms with Gasteiger partial charge in [-0.05, 0) is 13.8 Å². The highest BCUT2D eigenvalue weighted by molar-refractivity contribution is 5.43. The van der Waals surface area contributed by atoms with Gasteiger partial charge in [0.25, 0.3) is 0 Å². The molecule has 2 atom stereocenters. The fourth-order valence-electron chi connectivity index (χ4n) is 1.47. The highest BCUT2D eigenvalue weighted by atomic mass is 16.5. The molecule has 10 heteroatoms. The van der Waals surface area contributed by atoms with E-state index in [9.17, 15) is 10.2 Å². The van der Waals surface area contributed by atoms with Crippen LogP contribution < -0.4 is 15.5 Å². The van der Waals surface area contributed by atoms with Crippen molar-refractivity contribution in [3.8, 4) is 0 Å². The number of aliphatic hydroxyl groups excluding tert-OH is 2. The molecule has 0 bridgehead atoms. The molecule has 4 N–H and O–H groups in total. The van der Waals surface area contributed by atoms with Gasteiger partial charge in [0.2, 0.25) is 17.8 Å². The van der Waals surface area contributed by atoms with Crippen molar-refractivity contribution < 1.29 is 19.7 Å². The zero-order chi connectivity index (χ0) is 15.8. The van der Waals surface area contributed by atoms with Crippen LogP contribution in [-0.2, 0) is 9.47 Å². The molecule has 0 aliphatic rings. The van der Waals surface area contributed by atoms with E-state index in [-0.39, 0.29) is 31.3 Å². The van der Waals surface area contributed by atoms with E-state index in [4.69, 9.17) is 9.47 Å². The third-order valence-electron chi connectivity index (χ3n) is 2.15. The zero-order valence-electron chi connectivity index (χ0n) is 12.6. The SMILES string of the molecule is COCN(COC)c1nc(NC(C)O)nc(NC(C)O)n1. The Morgan fingerprint density at radius 2 is 1.38 bits per heavy atom. The second-order valence-electron chi connectivity index (χ2n) is 4.30.